The summed E-state index contributed by atoms with van der Waals surface area (Å²) in [7, 11) is 3.67. The van der Waals surface area contributed by atoms with Gasteiger partial charge in [0.1, 0.15) is 5.54 Å². The number of primary amides is 1. The van der Waals surface area contributed by atoms with E-state index in [1.54, 1.807) is 4.90 Å². The Hall–Kier alpha value is -3.26. The van der Waals surface area contributed by atoms with E-state index in [0.29, 0.717) is 19.6 Å². The molecule has 0 spiro atoms. The lowest BCUT2D eigenvalue weighted by atomic mass is 9.81. The van der Waals surface area contributed by atoms with Gasteiger partial charge in [-0.3, -0.25) is 19.4 Å². The highest BCUT2D eigenvalue weighted by Crippen LogP contribution is 2.32. The Balaban J connectivity index is 1.82. The maximum Gasteiger partial charge on any atom is 0.253 e. The number of carbonyl (C=O) groups excluding carboxylic acids is 3. The van der Waals surface area contributed by atoms with Gasteiger partial charge >= 0.3 is 0 Å². The van der Waals surface area contributed by atoms with Gasteiger partial charge in [0.05, 0.1) is 17.7 Å². The summed E-state index contributed by atoms with van der Waals surface area (Å²) >= 11 is 0. The van der Waals surface area contributed by atoms with E-state index in [1.807, 2.05) is 49.3 Å². The van der Waals surface area contributed by atoms with E-state index < -0.39 is 11.4 Å². The number of likely N-dealkylation sites (tertiary alicyclic amines) is 1. The first-order chi connectivity index (χ1) is 13.3. The fourth-order valence-electron chi connectivity index (χ4n) is 3.23. The third-order valence-corrected chi connectivity index (χ3v) is 4.69. The van der Waals surface area contributed by atoms with Gasteiger partial charge < -0.3 is 20.9 Å². The van der Waals surface area contributed by atoms with Crippen molar-refractivity contribution < 1.29 is 14.4 Å². The molecule has 8 nitrogen and oxygen atoms in total. The fourth-order valence-corrected chi connectivity index (χ4v) is 3.23. The highest BCUT2D eigenvalue weighted by atomic mass is 16.2. The van der Waals surface area contributed by atoms with Gasteiger partial charge in [-0.1, -0.05) is 30.3 Å². The van der Waals surface area contributed by atoms with Crippen molar-refractivity contribution in [2.75, 3.05) is 33.7 Å². The molecule has 1 fully saturated rings. The molecule has 2 aromatic rings. The van der Waals surface area contributed by atoms with Crippen LogP contribution in [-0.2, 0) is 10.3 Å². The summed E-state index contributed by atoms with van der Waals surface area (Å²) in [5.41, 5.74) is 5.90. The van der Waals surface area contributed by atoms with Crippen molar-refractivity contribution in [3.63, 3.8) is 0 Å². The Morgan fingerprint density at radius 3 is 2.39 bits per heavy atom. The monoisotopic (exact) mass is 381 g/mol. The number of nitrogens with two attached hydrogens (primary N) is 1. The van der Waals surface area contributed by atoms with Crippen molar-refractivity contribution in [1.82, 2.24) is 20.1 Å². The van der Waals surface area contributed by atoms with Crippen LogP contribution in [0.4, 0.5) is 0 Å². The van der Waals surface area contributed by atoms with Crippen molar-refractivity contribution in [2.45, 2.75) is 5.54 Å². The molecule has 0 atom stereocenters. The second kappa shape index (κ2) is 7.77. The first kappa shape index (κ1) is 19.5. The zero-order chi connectivity index (χ0) is 20.3. The minimum absolute atomic E-state index is 0.00296. The van der Waals surface area contributed by atoms with Crippen molar-refractivity contribution in [2.24, 2.45) is 5.73 Å². The third kappa shape index (κ3) is 4.01. The number of hydrogen-bond donors (Lipinski definition) is 2. The molecule has 2 heterocycles. The van der Waals surface area contributed by atoms with Crippen molar-refractivity contribution in [3.05, 3.63) is 65.5 Å². The first-order valence-corrected chi connectivity index (χ1v) is 8.86. The Morgan fingerprint density at radius 2 is 1.79 bits per heavy atom. The normalized spacial score (nSPS) is 15.0. The average molecular weight is 381 g/mol. The smallest absolute Gasteiger partial charge is 0.253 e. The molecule has 1 aromatic carbocycles. The molecule has 1 aromatic heterocycles. The van der Waals surface area contributed by atoms with Gasteiger partial charge in [-0.25, -0.2) is 0 Å². The highest BCUT2D eigenvalue weighted by molar-refractivity contribution is 5.99. The van der Waals surface area contributed by atoms with Crippen LogP contribution in [0.2, 0.25) is 0 Å². The van der Waals surface area contributed by atoms with Crippen LogP contribution in [0.1, 0.15) is 26.3 Å². The number of rotatable bonds is 6. The lowest BCUT2D eigenvalue weighted by Gasteiger charge is -2.51. The molecule has 3 amide bonds. The number of aromatic nitrogens is 1. The van der Waals surface area contributed by atoms with Crippen LogP contribution >= 0.6 is 0 Å². The zero-order valence-electron chi connectivity index (χ0n) is 15.9. The summed E-state index contributed by atoms with van der Waals surface area (Å²) in [6.45, 7) is 1.06. The quantitative estimate of drug-likeness (QED) is 0.744. The number of pyridine rings is 1. The van der Waals surface area contributed by atoms with Gasteiger partial charge in [-0.15, -0.1) is 0 Å². The maximum absolute atomic E-state index is 12.8. The van der Waals surface area contributed by atoms with E-state index in [-0.39, 0.29) is 22.9 Å². The molecule has 3 N–H and O–H groups in total. The fraction of sp³-hybridized carbons (Fsp3) is 0.300. The zero-order valence-corrected chi connectivity index (χ0v) is 15.9. The van der Waals surface area contributed by atoms with E-state index in [9.17, 15) is 14.4 Å². The van der Waals surface area contributed by atoms with Crippen LogP contribution in [0.5, 0.6) is 0 Å². The Morgan fingerprint density at radius 1 is 1.14 bits per heavy atom. The second-order valence-electron chi connectivity index (χ2n) is 7.22. The van der Waals surface area contributed by atoms with Gasteiger partial charge in [-0.2, -0.15) is 0 Å². The minimum atomic E-state index is -0.691. The summed E-state index contributed by atoms with van der Waals surface area (Å²) < 4.78 is 0. The SMILES string of the molecule is CN(C)CC(=O)N1CC(NC(=O)c2cncc(C(N)=O)c2)(c2ccccc2)C1. The van der Waals surface area contributed by atoms with E-state index >= 15 is 0 Å². The predicted molar refractivity (Wildman–Crippen MR) is 103 cm³/mol. The molecule has 0 unspecified atom stereocenters. The Bertz CT molecular complexity index is 892. The van der Waals surface area contributed by atoms with Crippen LogP contribution in [0.25, 0.3) is 0 Å². The Kier molecular flexibility index (Phi) is 5.41. The summed E-state index contributed by atoms with van der Waals surface area (Å²) in [5.74, 6) is -1.02. The molecule has 8 heteroatoms. The number of hydrogen-bond acceptors (Lipinski definition) is 5. The largest absolute Gasteiger partial charge is 0.366 e. The molecule has 1 aliphatic rings. The number of carbonyl (C=O) groups is 3. The summed E-state index contributed by atoms with van der Waals surface area (Å²) in [6, 6.07) is 10.9. The van der Waals surface area contributed by atoms with E-state index in [2.05, 4.69) is 10.3 Å². The predicted octanol–water partition coefficient (Wildman–Crippen LogP) is 0.210. The number of nitrogens with zero attached hydrogens (tertiary/aromatic N) is 3. The molecular formula is C20H23N5O3. The molecule has 3 rings (SSSR count). The van der Waals surface area contributed by atoms with Gasteiger partial charge in [0.25, 0.3) is 5.91 Å². The molecule has 1 aliphatic heterocycles. The number of likely N-dealkylation sites (N-methyl/N-ethyl adjacent to an activating group) is 1. The third-order valence-electron chi connectivity index (χ3n) is 4.69. The van der Waals surface area contributed by atoms with Crippen molar-refractivity contribution in [1.29, 1.82) is 0 Å². The molecule has 0 saturated carbocycles. The summed E-state index contributed by atoms with van der Waals surface area (Å²) in [4.78, 5) is 44.0. The molecule has 28 heavy (non-hydrogen) atoms. The molecule has 146 valence electrons. The van der Waals surface area contributed by atoms with Gasteiger partial charge in [0.2, 0.25) is 11.8 Å². The van der Waals surface area contributed by atoms with Crippen molar-refractivity contribution in [3.8, 4) is 0 Å². The lowest BCUT2D eigenvalue weighted by molar-refractivity contribution is -0.140. The van der Waals surface area contributed by atoms with E-state index in [1.165, 1.54) is 18.5 Å². The van der Waals surface area contributed by atoms with Crippen LogP contribution in [0.15, 0.2) is 48.8 Å². The first-order valence-electron chi connectivity index (χ1n) is 8.86. The van der Waals surface area contributed by atoms with E-state index in [0.717, 1.165) is 5.56 Å². The molecule has 0 aliphatic carbocycles. The molecule has 1 saturated heterocycles. The Labute approximate surface area is 163 Å². The van der Waals surface area contributed by atoms with Gasteiger partial charge in [0, 0.05) is 25.5 Å². The molecule has 0 radical (unpaired) electrons. The average Bonchev–Trinajstić information content (AvgIpc) is 2.64. The van der Waals surface area contributed by atoms with Crippen LogP contribution in [0.3, 0.4) is 0 Å². The molecular weight excluding hydrogens is 358 g/mol. The second-order valence-corrected chi connectivity index (χ2v) is 7.22. The maximum atomic E-state index is 12.8. The van der Waals surface area contributed by atoms with Crippen LogP contribution in [0, 0.1) is 0 Å². The minimum Gasteiger partial charge on any atom is -0.366 e. The van der Waals surface area contributed by atoms with Crippen LogP contribution < -0.4 is 11.1 Å². The molecule has 0 bridgehead atoms. The lowest BCUT2D eigenvalue weighted by Crippen LogP contribution is -2.69. The van der Waals surface area contributed by atoms with Crippen LogP contribution in [-0.4, -0.2) is 66.2 Å². The number of benzene rings is 1. The highest BCUT2D eigenvalue weighted by Gasteiger charge is 2.47. The van der Waals surface area contributed by atoms with Gasteiger partial charge in [-0.05, 0) is 25.7 Å². The summed E-state index contributed by atoms with van der Waals surface area (Å²) in [5, 5.41) is 3.03. The number of amides is 3. The van der Waals surface area contributed by atoms with E-state index in [4.69, 9.17) is 5.73 Å². The standard InChI is InChI=1S/C20H23N5O3/c1-24(2)11-17(26)25-12-20(13-25,16-6-4-3-5-7-16)23-19(28)15-8-14(18(21)27)9-22-10-15/h3-10H,11-13H2,1-2H3,(H2,21,27)(H,23,28). The summed E-state index contributed by atoms with van der Waals surface area (Å²) in [6.07, 6.45) is 2.70. The van der Waals surface area contributed by atoms with Crippen molar-refractivity contribution >= 4 is 17.7 Å². The van der Waals surface area contributed by atoms with Gasteiger partial charge in [0.15, 0.2) is 0 Å². The topological polar surface area (TPSA) is 109 Å². The number of nitrogens with one attached hydrogen (secondary N) is 1.